The third-order valence-corrected chi connectivity index (χ3v) is 5.00. The SMILES string of the molecule is CCOC(=O)C[C@@H](c1ccnc(OCC2CCNCC2)c1)C1CC1. The summed E-state index contributed by atoms with van der Waals surface area (Å²) in [6, 6.07) is 4.03. The Kier molecular flexibility index (Phi) is 6.07. The molecule has 1 atom stereocenters. The van der Waals surface area contributed by atoms with Gasteiger partial charge in [0.1, 0.15) is 0 Å². The molecule has 0 radical (unpaired) electrons. The molecule has 24 heavy (non-hydrogen) atoms. The van der Waals surface area contributed by atoms with E-state index in [-0.39, 0.29) is 11.9 Å². The van der Waals surface area contributed by atoms with Gasteiger partial charge in [-0.05, 0) is 75.1 Å². The van der Waals surface area contributed by atoms with Gasteiger partial charge in [-0.1, -0.05) is 0 Å². The van der Waals surface area contributed by atoms with Crippen LogP contribution in [-0.4, -0.2) is 37.3 Å². The zero-order valence-electron chi connectivity index (χ0n) is 14.5. The summed E-state index contributed by atoms with van der Waals surface area (Å²) in [4.78, 5) is 16.2. The Labute approximate surface area is 144 Å². The molecule has 1 aromatic heterocycles. The van der Waals surface area contributed by atoms with Crippen molar-refractivity contribution < 1.29 is 14.3 Å². The Morgan fingerprint density at radius 2 is 2.12 bits per heavy atom. The van der Waals surface area contributed by atoms with Gasteiger partial charge in [0.2, 0.25) is 5.88 Å². The summed E-state index contributed by atoms with van der Waals surface area (Å²) >= 11 is 0. The van der Waals surface area contributed by atoms with Gasteiger partial charge < -0.3 is 14.8 Å². The number of rotatable bonds is 8. The number of hydrogen-bond donors (Lipinski definition) is 1. The second-order valence-corrected chi connectivity index (χ2v) is 6.88. The van der Waals surface area contributed by atoms with E-state index < -0.39 is 0 Å². The maximum Gasteiger partial charge on any atom is 0.306 e. The van der Waals surface area contributed by atoms with Crippen LogP contribution in [0.1, 0.15) is 50.5 Å². The molecular weight excluding hydrogens is 304 g/mol. The van der Waals surface area contributed by atoms with Crippen molar-refractivity contribution in [3.63, 3.8) is 0 Å². The molecule has 1 aromatic rings. The molecule has 1 aliphatic heterocycles. The van der Waals surface area contributed by atoms with Crippen molar-refractivity contribution in [3.05, 3.63) is 23.9 Å². The summed E-state index contributed by atoms with van der Waals surface area (Å²) in [5, 5.41) is 3.37. The van der Waals surface area contributed by atoms with E-state index in [0.717, 1.165) is 38.1 Å². The molecule has 5 heteroatoms. The predicted molar refractivity (Wildman–Crippen MR) is 92.0 cm³/mol. The molecule has 2 aliphatic rings. The number of carbonyl (C=O) groups is 1. The highest BCUT2D eigenvalue weighted by Gasteiger charge is 2.34. The topological polar surface area (TPSA) is 60.5 Å². The Morgan fingerprint density at radius 1 is 1.33 bits per heavy atom. The molecule has 2 heterocycles. The third kappa shape index (κ3) is 4.94. The number of ether oxygens (including phenoxy) is 2. The number of nitrogens with zero attached hydrogens (tertiary/aromatic N) is 1. The van der Waals surface area contributed by atoms with Crippen molar-refractivity contribution >= 4 is 5.97 Å². The van der Waals surface area contributed by atoms with E-state index in [1.165, 1.54) is 12.8 Å². The molecule has 5 nitrogen and oxygen atoms in total. The number of aromatic nitrogens is 1. The zero-order chi connectivity index (χ0) is 16.8. The van der Waals surface area contributed by atoms with Gasteiger partial charge in [0.15, 0.2) is 0 Å². The van der Waals surface area contributed by atoms with Crippen LogP contribution in [0.3, 0.4) is 0 Å². The minimum Gasteiger partial charge on any atom is -0.477 e. The molecule has 0 bridgehead atoms. The quantitative estimate of drug-likeness (QED) is 0.742. The highest BCUT2D eigenvalue weighted by atomic mass is 16.5. The molecule has 0 spiro atoms. The third-order valence-electron chi connectivity index (χ3n) is 5.00. The summed E-state index contributed by atoms with van der Waals surface area (Å²) in [6.45, 7) is 5.17. The van der Waals surface area contributed by atoms with Gasteiger partial charge in [0, 0.05) is 12.3 Å². The summed E-state index contributed by atoms with van der Waals surface area (Å²) < 4.78 is 11.1. The molecular formula is C19H28N2O3. The Bertz CT molecular complexity index is 539. The standard InChI is InChI=1S/C19H28N2O3/c1-2-23-19(22)12-17(15-3-4-15)16-7-10-21-18(11-16)24-13-14-5-8-20-9-6-14/h7,10-11,14-15,17,20H,2-6,8-9,12-13H2,1H3/t17-/m1/s1. The number of esters is 1. The van der Waals surface area contributed by atoms with Gasteiger partial charge >= 0.3 is 5.97 Å². The highest BCUT2D eigenvalue weighted by molar-refractivity contribution is 5.70. The van der Waals surface area contributed by atoms with Crippen LogP contribution in [0.25, 0.3) is 0 Å². The fraction of sp³-hybridized carbons (Fsp3) is 0.684. The van der Waals surface area contributed by atoms with E-state index in [0.29, 0.717) is 30.7 Å². The second-order valence-electron chi connectivity index (χ2n) is 6.88. The average molecular weight is 332 g/mol. The monoisotopic (exact) mass is 332 g/mol. The van der Waals surface area contributed by atoms with E-state index in [4.69, 9.17) is 9.47 Å². The van der Waals surface area contributed by atoms with Crippen LogP contribution in [0.15, 0.2) is 18.3 Å². The number of hydrogen-bond acceptors (Lipinski definition) is 5. The first-order valence-electron chi connectivity index (χ1n) is 9.21. The number of carbonyl (C=O) groups excluding carboxylic acids is 1. The lowest BCUT2D eigenvalue weighted by Gasteiger charge is -2.22. The molecule has 1 saturated carbocycles. The molecule has 0 amide bonds. The van der Waals surface area contributed by atoms with E-state index in [1.807, 2.05) is 19.1 Å². The van der Waals surface area contributed by atoms with Crippen molar-refractivity contribution in [3.8, 4) is 5.88 Å². The van der Waals surface area contributed by atoms with Gasteiger partial charge in [0.05, 0.1) is 19.6 Å². The smallest absolute Gasteiger partial charge is 0.306 e. The summed E-state index contributed by atoms with van der Waals surface area (Å²) in [5.41, 5.74) is 1.15. The summed E-state index contributed by atoms with van der Waals surface area (Å²) in [6.07, 6.45) is 6.96. The van der Waals surface area contributed by atoms with Crippen LogP contribution in [-0.2, 0) is 9.53 Å². The van der Waals surface area contributed by atoms with Crippen molar-refractivity contribution in [1.29, 1.82) is 0 Å². The van der Waals surface area contributed by atoms with Crippen LogP contribution >= 0.6 is 0 Å². The average Bonchev–Trinajstić information content (AvgIpc) is 3.44. The highest BCUT2D eigenvalue weighted by Crippen LogP contribution is 2.45. The molecule has 1 aliphatic carbocycles. The van der Waals surface area contributed by atoms with E-state index in [9.17, 15) is 4.79 Å². The first kappa shape index (κ1) is 17.2. The first-order chi connectivity index (χ1) is 11.8. The molecule has 132 valence electrons. The van der Waals surface area contributed by atoms with Crippen LogP contribution in [0, 0.1) is 11.8 Å². The fourth-order valence-electron chi connectivity index (χ4n) is 3.44. The predicted octanol–water partition coefficient (Wildman–Crippen LogP) is 2.91. The van der Waals surface area contributed by atoms with Crippen molar-refractivity contribution in [2.75, 3.05) is 26.3 Å². The maximum atomic E-state index is 11.9. The molecule has 0 aromatic carbocycles. The van der Waals surface area contributed by atoms with E-state index in [2.05, 4.69) is 10.3 Å². The van der Waals surface area contributed by atoms with Crippen LogP contribution in [0.2, 0.25) is 0 Å². The molecule has 2 fully saturated rings. The Balaban J connectivity index is 1.60. The molecule has 1 N–H and O–H groups in total. The summed E-state index contributed by atoms with van der Waals surface area (Å²) in [7, 11) is 0. The maximum absolute atomic E-state index is 11.9. The normalized spacial score (nSPS) is 19.7. The van der Waals surface area contributed by atoms with Gasteiger partial charge in [-0.15, -0.1) is 0 Å². The lowest BCUT2D eigenvalue weighted by molar-refractivity contribution is -0.143. The molecule has 0 unspecified atom stereocenters. The largest absolute Gasteiger partial charge is 0.477 e. The van der Waals surface area contributed by atoms with E-state index >= 15 is 0 Å². The minimum absolute atomic E-state index is 0.108. The Hall–Kier alpha value is -1.62. The van der Waals surface area contributed by atoms with Crippen LogP contribution in [0.5, 0.6) is 5.88 Å². The zero-order valence-corrected chi connectivity index (χ0v) is 14.5. The molecule has 1 saturated heterocycles. The lowest BCUT2D eigenvalue weighted by Crippen LogP contribution is -2.30. The van der Waals surface area contributed by atoms with Gasteiger partial charge in [0.25, 0.3) is 0 Å². The minimum atomic E-state index is -0.108. The van der Waals surface area contributed by atoms with Crippen molar-refractivity contribution in [2.45, 2.75) is 44.9 Å². The van der Waals surface area contributed by atoms with Gasteiger partial charge in [-0.3, -0.25) is 4.79 Å². The number of piperidine rings is 1. The Morgan fingerprint density at radius 3 is 2.83 bits per heavy atom. The fourth-order valence-corrected chi connectivity index (χ4v) is 3.44. The van der Waals surface area contributed by atoms with Crippen molar-refractivity contribution in [2.24, 2.45) is 11.8 Å². The number of pyridine rings is 1. The molecule has 3 rings (SSSR count). The second kappa shape index (κ2) is 8.47. The van der Waals surface area contributed by atoms with E-state index in [1.54, 1.807) is 6.20 Å². The van der Waals surface area contributed by atoms with Crippen LogP contribution < -0.4 is 10.1 Å². The number of nitrogens with one attached hydrogen (secondary N) is 1. The van der Waals surface area contributed by atoms with Crippen LogP contribution in [0.4, 0.5) is 0 Å². The van der Waals surface area contributed by atoms with Gasteiger partial charge in [-0.25, -0.2) is 4.98 Å². The lowest BCUT2D eigenvalue weighted by atomic mass is 9.92. The first-order valence-corrected chi connectivity index (χ1v) is 9.21. The van der Waals surface area contributed by atoms with Gasteiger partial charge in [-0.2, -0.15) is 0 Å². The van der Waals surface area contributed by atoms with Crippen molar-refractivity contribution in [1.82, 2.24) is 10.3 Å². The summed E-state index contributed by atoms with van der Waals surface area (Å²) in [5.74, 6) is 2.00.